The van der Waals surface area contributed by atoms with Crippen molar-refractivity contribution >= 4 is 11.7 Å². The largest absolute Gasteiger partial charge is 0.463 e. The third-order valence-electron chi connectivity index (χ3n) is 1.74. The molecule has 0 fully saturated rings. The lowest BCUT2D eigenvalue weighted by molar-refractivity contribution is -0.137. The van der Waals surface area contributed by atoms with Gasteiger partial charge in [-0.3, -0.25) is 0 Å². The van der Waals surface area contributed by atoms with Crippen LogP contribution in [-0.4, -0.2) is 12.6 Å². The number of carbonyl (C=O) groups excluding carboxylic acids is 1. The molecule has 0 radical (unpaired) electrons. The molecule has 0 spiro atoms. The first kappa shape index (κ1) is 11.2. The second-order valence-corrected chi connectivity index (χ2v) is 2.83. The monoisotopic (exact) mass is 209 g/mol. The predicted molar refractivity (Wildman–Crippen MR) is 55.2 cm³/mol. The van der Waals surface area contributed by atoms with Gasteiger partial charge < -0.3 is 10.5 Å². The molecule has 0 saturated carbocycles. The molecule has 1 rings (SSSR count). The molecule has 0 amide bonds. The van der Waals surface area contributed by atoms with E-state index in [9.17, 15) is 9.18 Å². The van der Waals surface area contributed by atoms with E-state index in [0.29, 0.717) is 0 Å². The molecule has 2 N–H and O–H groups in total. The standard InChI is InChI=1S/C11H12FNO2/c1-2-15-11(14)7-10(13)8-5-3-4-6-9(8)12/h3-7H,2,13H2,1H3/b10-7+. The van der Waals surface area contributed by atoms with Gasteiger partial charge in [-0.1, -0.05) is 12.1 Å². The molecular weight excluding hydrogens is 197 g/mol. The van der Waals surface area contributed by atoms with Gasteiger partial charge in [0.15, 0.2) is 0 Å². The molecule has 0 aliphatic rings. The van der Waals surface area contributed by atoms with Crippen molar-refractivity contribution in [1.82, 2.24) is 0 Å². The Morgan fingerprint density at radius 3 is 2.80 bits per heavy atom. The van der Waals surface area contributed by atoms with E-state index in [2.05, 4.69) is 4.74 Å². The molecule has 15 heavy (non-hydrogen) atoms. The van der Waals surface area contributed by atoms with Crippen molar-refractivity contribution in [3.05, 3.63) is 41.7 Å². The maximum atomic E-state index is 13.2. The molecule has 80 valence electrons. The van der Waals surface area contributed by atoms with Gasteiger partial charge >= 0.3 is 5.97 Å². The van der Waals surface area contributed by atoms with Crippen LogP contribution in [0.25, 0.3) is 5.70 Å². The van der Waals surface area contributed by atoms with Crippen LogP contribution >= 0.6 is 0 Å². The normalized spacial score (nSPS) is 11.2. The fraction of sp³-hybridized carbons (Fsp3) is 0.182. The van der Waals surface area contributed by atoms with Crippen molar-refractivity contribution in [2.75, 3.05) is 6.61 Å². The van der Waals surface area contributed by atoms with Crippen LogP contribution in [0.1, 0.15) is 12.5 Å². The van der Waals surface area contributed by atoms with Crippen LogP contribution in [0.5, 0.6) is 0 Å². The number of hydrogen-bond donors (Lipinski definition) is 1. The maximum Gasteiger partial charge on any atom is 0.332 e. The molecule has 1 aromatic carbocycles. The van der Waals surface area contributed by atoms with Crippen molar-refractivity contribution in [3.63, 3.8) is 0 Å². The highest BCUT2D eigenvalue weighted by Gasteiger charge is 2.05. The molecule has 0 saturated heterocycles. The fourth-order valence-corrected chi connectivity index (χ4v) is 1.08. The van der Waals surface area contributed by atoms with Crippen LogP contribution in [0, 0.1) is 5.82 Å². The molecule has 0 unspecified atom stereocenters. The first-order chi connectivity index (χ1) is 7.15. The van der Waals surface area contributed by atoms with E-state index in [4.69, 9.17) is 5.73 Å². The van der Waals surface area contributed by atoms with Crippen molar-refractivity contribution in [3.8, 4) is 0 Å². The van der Waals surface area contributed by atoms with E-state index in [0.717, 1.165) is 6.08 Å². The summed E-state index contributed by atoms with van der Waals surface area (Å²) in [5.41, 5.74) is 5.81. The highest BCUT2D eigenvalue weighted by molar-refractivity contribution is 5.90. The molecule has 0 bridgehead atoms. The maximum absolute atomic E-state index is 13.2. The summed E-state index contributed by atoms with van der Waals surface area (Å²) in [6, 6.07) is 5.97. The van der Waals surface area contributed by atoms with Crippen LogP contribution in [0.3, 0.4) is 0 Å². The number of benzene rings is 1. The Bertz CT molecular complexity index is 388. The summed E-state index contributed by atoms with van der Waals surface area (Å²) in [5, 5.41) is 0. The van der Waals surface area contributed by atoms with Crippen LogP contribution in [0.2, 0.25) is 0 Å². The summed E-state index contributed by atoms with van der Waals surface area (Å²) in [7, 11) is 0. The van der Waals surface area contributed by atoms with Gasteiger partial charge in [-0.05, 0) is 19.1 Å². The molecule has 1 aromatic rings. The molecular formula is C11H12FNO2. The minimum atomic E-state index is -0.571. The molecule has 0 atom stereocenters. The van der Waals surface area contributed by atoms with Gasteiger partial charge in [0.05, 0.1) is 6.61 Å². The number of ether oxygens (including phenoxy) is 1. The van der Waals surface area contributed by atoms with Gasteiger partial charge in [0, 0.05) is 17.3 Å². The van der Waals surface area contributed by atoms with Gasteiger partial charge in [-0.15, -0.1) is 0 Å². The quantitative estimate of drug-likeness (QED) is 0.608. The second kappa shape index (κ2) is 5.14. The van der Waals surface area contributed by atoms with Crippen LogP contribution in [0.15, 0.2) is 30.3 Å². The third-order valence-corrected chi connectivity index (χ3v) is 1.74. The van der Waals surface area contributed by atoms with Crippen molar-refractivity contribution in [2.45, 2.75) is 6.92 Å². The summed E-state index contributed by atoms with van der Waals surface area (Å²) >= 11 is 0. The molecule has 0 aliphatic carbocycles. The Kier molecular flexibility index (Phi) is 3.85. The lowest BCUT2D eigenvalue weighted by Gasteiger charge is -2.02. The molecule has 0 heterocycles. The Morgan fingerprint density at radius 2 is 2.20 bits per heavy atom. The Balaban J connectivity index is 2.89. The smallest absolute Gasteiger partial charge is 0.332 e. The molecule has 4 heteroatoms. The van der Waals surface area contributed by atoms with Crippen molar-refractivity contribution in [2.24, 2.45) is 5.73 Å². The number of esters is 1. The number of hydrogen-bond acceptors (Lipinski definition) is 3. The summed E-state index contributed by atoms with van der Waals surface area (Å²) < 4.78 is 17.9. The van der Waals surface area contributed by atoms with Crippen LogP contribution in [-0.2, 0) is 9.53 Å². The predicted octanol–water partition coefficient (Wildman–Crippen LogP) is 1.69. The number of rotatable bonds is 3. The van der Waals surface area contributed by atoms with E-state index in [1.165, 1.54) is 12.1 Å². The summed E-state index contributed by atoms with van der Waals surface area (Å²) in [4.78, 5) is 11.0. The minimum absolute atomic E-state index is 0.0616. The highest BCUT2D eigenvalue weighted by atomic mass is 19.1. The zero-order valence-electron chi connectivity index (χ0n) is 8.37. The average Bonchev–Trinajstić information content (AvgIpc) is 2.18. The van der Waals surface area contributed by atoms with E-state index < -0.39 is 11.8 Å². The van der Waals surface area contributed by atoms with Crippen LogP contribution < -0.4 is 5.73 Å². The summed E-state index contributed by atoms with van der Waals surface area (Å²) in [6.45, 7) is 1.95. The van der Waals surface area contributed by atoms with Crippen LogP contribution in [0.4, 0.5) is 4.39 Å². The molecule has 3 nitrogen and oxygen atoms in total. The van der Waals surface area contributed by atoms with Gasteiger partial charge in [-0.25, -0.2) is 9.18 Å². The Labute approximate surface area is 87.3 Å². The van der Waals surface area contributed by atoms with Gasteiger partial charge in [0.2, 0.25) is 0 Å². The van der Waals surface area contributed by atoms with Gasteiger partial charge in [0.25, 0.3) is 0 Å². The fourth-order valence-electron chi connectivity index (χ4n) is 1.08. The first-order valence-electron chi connectivity index (χ1n) is 4.54. The minimum Gasteiger partial charge on any atom is -0.463 e. The summed E-state index contributed by atoms with van der Waals surface area (Å²) in [5.74, 6) is -1.03. The lowest BCUT2D eigenvalue weighted by atomic mass is 10.1. The third kappa shape index (κ3) is 3.09. The van der Waals surface area contributed by atoms with E-state index in [1.54, 1.807) is 19.1 Å². The Morgan fingerprint density at radius 1 is 1.53 bits per heavy atom. The topological polar surface area (TPSA) is 52.3 Å². The Hall–Kier alpha value is -1.84. The zero-order valence-corrected chi connectivity index (χ0v) is 8.37. The zero-order chi connectivity index (χ0) is 11.3. The SMILES string of the molecule is CCOC(=O)/C=C(/N)c1ccccc1F. The molecule has 0 aromatic heterocycles. The lowest BCUT2D eigenvalue weighted by Crippen LogP contribution is -2.06. The van der Waals surface area contributed by atoms with Gasteiger partial charge in [0.1, 0.15) is 5.82 Å². The van der Waals surface area contributed by atoms with Crippen molar-refractivity contribution < 1.29 is 13.9 Å². The van der Waals surface area contributed by atoms with Crippen molar-refractivity contribution in [1.29, 1.82) is 0 Å². The molecule has 0 aliphatic heterocycles. The second-order valence-electron chi connectivity index (χ2n) is 2.83. The van der Waals surface area contributed by atoms with E-state index in [1.807, 2.05) is 0 Å². The van der Waals surface area contributed by atoms with E-state index >= 15 is 0 Å². The number of halogens is 1. The summed E-state index contributed by atoms with van der Waals surface area (Å²) in [6.07, 6.45) is 1.07. The first-order valence-corrected chi connectivity index (χ1v) is 4.54. The van der Waals surface area contributed by atoms with Gasteiger partial charge in [-0.2, -0.15) is 0 Å². The highest BCUT2D eigenvalue weighted by Crippen LogP contribution is 2.13. The van der Waals surface area contributed by atoms with E-state index in [-0.39, 0.29) is 17.9 Å². The number of carbonyl (C=O) groups is 1. The average molecular weight is 209 g/mol. The number of nitrogens with two attached hydrogens (primary N) is 1.